The number of hydrogen-bond acceptors (Lipinski definition) is 3. The topological polar surface area (TPSA) is 35.5 Å². The minimum atomic E-state index is -0.606. The van der Waals surface area contributed by atoms with E-state index in [1.54, 1.807) is 0 Å². The Labute approximate surface area is 89.2 Å². The monoisotopic (exact) mass is 350 g/mol. The van der Waals surface area contributed by atoms with Gasteiger partial charge in [0.15, 0.2) is 14.7 Å². The molecule has 0 aliphatic carbocycles. The fourth-order valence-electron chi connectivity index (χ4n) is 0.663. The summed E-state index contributed by atoms with van der Waals surface area (Å²) >= 11 is 9.69. The maximum atomic E-state index is 10.2. The molecule has 0 aromatic carbocycles. The number of rotatable bonds is 1. The molecule has 1 aliphatic rings. The van der Waals surface area contributed by atoms with Crippen LogP contribution in [0.2, 0.25) is 0 Å². The Morgan fingerprint density at radius 3 is 2.36 bits per heavy atom. The molecule has 1 heterocycles. The van der Waals surface area contributed by atoms with Crippen LogP contribution in [0.5, 0.6) is 0 Å². The Hall–Kier alpha value is 1.03. The molecule has 0 aromatic heterocycles. The third-order valence-corrected chi connectivity index (χ3v) is 2.25. The molecule has 11 heavy (non-hydrogen) atoms. The van der Waals surface area contributed by atoms with E-state index >= 15 is 0 Å². The Bertz CT molecular complexity index is 156. The van der Waals surface area contributed by atoms with E-state index in [0.29, 0.717) is 6.61 Å². The van der Waals surface area contributed by atoms with E-state index in [4.69, 9.17) is 9.47 Å². The first-order valence-corrected chi connectivity index (χ1v) is 5.21. The summed E-state index contributed by atoms with van der Waals surface area (Å²) in [6.07, 6.45) is -0.219. The van der Waals surface area contributed by atoms with E-state index in [1.807, 2.05) is 0 Å². The summed E-state index contributed by atoms with van der Waals surface area (Å²) in [6, 6.07) is 0. The van der Waals surface area contributed by atoms with Crippen molar-refractivity contribution in [3.63, 3.8) is 0 Å². The Morgan fingerprint density at radius 2 is 2.09 bits per heavy atom. The molecule has 0 radical (unpaired) electrons. The largest absolute Gasteiger partial charge is 0.346 e. The number of ether oxygens (including phenoxy) is 2. The third kappa shape index (κ3) is 2.77. The minimum Gasteiger partial charge on any atom is -0.346 e. The van der Waals surface area contributed by atoms with Gasteiger partial charge in [-0.1, -0.05) is 47.8 Å². The Morgan fingerprint density at radius 1 is 1.45 bits per heavy atom. The van der Waals surface area contributed by atoms with E-state index in [2.05, 4.69) is 47.8 Å². The Kier molecular flexibility index (Phi) is 3.52. The van der Waals surface area contributed by atoms with Gasteiger partial charge in [-0.3, -0.25) is 0 Å². The molecular weight excluding hydrogens is 348 g/mol. The maximum absolute atomic E-state index is 10.2. The highest BCUT2D eigenvalue weighted by Crippen LogP contribution is 2.41. The van der Waals surface area contributed by atoms with Crippen LogP contribution in [0, 0.1) is 0 Å². The van der Waals surface area contributed by atoms with Crippen molar-refractivity contribution in [3.8, 4) is 0 Å². The smallest absolute Gasteiger partial charge is 0.193 e. The lowest BCUT2D eigenvalue weighted by Crippen LogP contribution is -2.25. The van der Waals surface area contributed by atoms with Crippen molar-refractivity contribution in [2.24, 2.45) is 0 Å². The molecule has 2 atom stereocenters. The maximum Gasteiger partial charge on any atom is 0.193 e. The highest BCUT2D eigenvalue weighted by molar-refractivity contribution is 9.39. The van der Waals surface area contributed by atoms with E-state index in [1.165, 1.54) is 0 Å². The van der Waals surface area contributed by atoms with Crippen LogP contribution in [-0.2, 0) is 14.3 Å². The van der Waals surface area contributed by atoms with Crippen molar-refractivity contribution in [2.45, 2.75) is 14.5 Å². The highest BCUT2D eigenvalue weighted by atomic mass is 80.0. The van der Waals surface area contributed by atoms with Gasteiger partial charge in [-0.2, -0.15) is 0 Å². The molecule has 1 rings (SSSR count). The average Bonchev–Trinajstić information content (AvgIpc) is 2.32. The van der Waals surface area contributed by atoms with Crippen molar-refractivity contribution < 1.29 is 14.3 Å². The molecule has 1 aliphatic heterocycles. The van der Waals surface area contributed by atoms with E-state index in [0.717, 1.165) is 6.29 Å². The molecule has 3 nitrogen and oxygen atoms in total. The second-order valence-electron chi connectivity index (χ2n) is 2.02. The molecule has 0 saturated carbocycles. The summed E-state index contributed by atoms with van der Waals surface area (Å²) < 4.78 is 9.66. The van der Waals surface area contributed by atoms with E-state index < -0.39 is 14.5 Å². The molecule has 0 spiro atoms. The van der Waals surface area contributed by atoms with Gasteiger partial charge in [0.25, 0.3) is 0 Å². The lowest BCUT2D eigenvalue weighted by atomic mass is 10.4. The van der Waals surface area contributed by atoms with E-state index in [-0.39, 0.29) is 0 Å². The Balaban J connectivity index is 2.48. The molecule has 2 unspecified atom stereocenters. The van der Waals surface area contributed by atoms with Crippen molar-refractivity contribution in [1.82, 2.24) is 0 Å². The summed E-state index contributed by atoms with van der Waals surface area (Å²) in [6.45, 7) is 0.304. The van der Waals surface area contributed by atoms with Crippen LogP contribution in [-0.4, -0.2) is 27.4 Å². The number of aldehydes is 1. The number of halogens is 3. The minimum absolute atomic E-state index is 0.304. The normalized spacial score (nSPS) is 32.3. The van der Waals surface area contributed by atoms with Crippen LogP contribution in [0.25, 0.3) is 0 Å². The van der Waals surface area contributed by atoms with Crippen LogP contribution in [0.15, 0.2) is 0 Å². The molecule has 1 fully saturated rings. The summed E-state index contributed by atoms with van der Waals surface area (Å²) in [5.74, 6) is 0. The van der Waals surface area contributed by atoms with Crippen LogP contribution in [0.3, 0.4) is 0 Å². The molecule has 0 bridgehead atoms. The lowest BCUT2D eigenvalue weighted by molar-refractivity contribution is -0.118. The van der Waals surface area contributed by atoms with Crippen molar-refractivity contribution in [1.29, 1.82) is 0 Å². The fraction of sp³-hybridized carbons (Fsp3) is 0.800. The summed E-state index contributed by atoms with van der Waals surface area (Å²) in [4.78, 5) is 10.2. The van der Waals surface area contributed by atoms with Crippen LogP contribution >= 0.6 is 47.8 Å². The first-order chi connectivity index (χ1) is 5.04. The molecule has 1 saturated heterocycles. The van der Waals surface area contributed by atoms with Crippen molar-refractivity contribution in [2.75, 3.05) is 6.61 Å². The molecular formula is C5H5Br3O3. The quantitative estimate of drug-likeness (QED) is 0.533. The highest BCUT2D eigenvalue weighted by Gasteiger charge is 2.39. The van der Waals surface area contributed by atoms with Crippen molar-refractivity contribution >= 4 is 54.1 Å². The van der Waals surface area contributed by atoms with Crippen LogP contribution in [0.4, 0.5) is 0 Å². The molecule has 0 aromatic rings. The molecule has 0 N–H and O–H groups in total. The number of hydrogen-bond donors (Lipinski definition) is 0. The van der Waals surface area contributed by atoms with Gasteiger partial charge >= 0.3 is 0 Å². The van der Waals surface area contributed by atoms with Crippen LogP contribution < -0.4 is 0 Å². The predicted molar refractivity (Wildman–Crippen MR) is 50.2 cm³/mol. The second kappa shape index (κ2) is 3.83. The number of carbonyl (C=O) groups excluding carboxylic acids is 1. The zero-order valence-corrected chi connectivity index (χ0v) is 10.1. The van der Waals surface area contributed by atoms with Crippen molar-refractivity contribution in [3.05, 3.63) is 0 Å². The van der Waals surface area contributed by atoms with Gasteiger partial charge in [0.2, 0.25) is 0 Å². The van der Waals surface area contributed by atoms with Gasteiger partial charge < -0.3 is 14.3 Å². The lowest BCUT2D eigenvalue weighted by Gasteiger charge is -2.18. The van der Waals surface area contributed by atoms with Gasteiger partial charge in [-0.05, 0) is 0 Å². The van der Waals surface area contributed by atoms with Gasteiger partial charge in [0.1, 0.15) is 6.10 Å². The number of alkyl halides is 3. The standard InChI is InChI=1S/C5H5Br3O3/c6-5(7,8)4-10-2-3(1-9)11-4/h1,3-4H,2H2. The SMILES string of the molecule is O=CC1COC(C(Br)(Br)Br)O1. The average molecular weight is 353 g/mol. The first-order valence-electron chi connectivity index (χ1n) is 2.83. The van der Waals surface area contributed by atoms with E-state index in [9.17, 15) is 4.79 Å². The zero-order valence-electron chi connectivity index (χ0n) is 5.30. The number of carbonyl (C=O) groups is 1. The molecule has 6 heteroatoms. The zero-order chi connectivity index (χ0) is 8.48. The van der Waals surface area contributed by atoms with Gasteiger partial charge in [-0.15, -0.1) is 0 Å². The van der Waals surface area contributed by atoms with Gasteiger partial charge in [0.05, 0.1) is 6.61 Å². The third-order valence-electron chi connectivity index (χ3n) is 1.13. The summed E-state index contributed by atoms with van der Waals surface area (Å²) in [5, 5.41) is 0. The van der Waals surface area contributed by atoms with Gasteiger partial charge in [-0.25, -0.2) is 0 Å². The fourth-order valence-corrected chi connectivity index (χ4v) is 1.38. The van der Waals surface area contributed by atoms with Gasteiger partial charge in [0, 0.05) is 0 Å². The predicted octanol–water partition coefficient (Wildman–Crippen LogP) is 1.77. The van der Waals surface area contributed by atoms with Crippen LogP contribution in [0.1, 0.15) is 0 Å². The second-order valence-corrected chi connectivity index (χ2v) is 8.96. The first kappa shape index (κ1) is 10.1. The summed E-state index contributed by atoms with van der Waals surface area (Å²) in [5.41, 5.74) is 0. The molecule has 0 amide bonds. The molecule has 64 valence electrons. The summed E-state index contributed by atoms with van der Waals surface area (Å²) in [7, 11) is 0.